The summed E-state index contributed by atoms with van der Waals surface area (Å²) in [6.07, 6.45) is 0. The predicted molar refractivity (Wildman–Crippen MR) is 88.2 cm³/mol. The fraction of sp³-hybridized carbons (Fsp3) is 0.312. The lowest BCUT2D eigenvalue weighted by atomic mass is 10.1. The van der Waals surface area contributed by atoms with E-state index in [1.165, 1.54) is 26.2 Å². The minimum atomic E-state index is -3.55. The van der Waals surface area contributed by atoms with Crippen LogP contribution in [0.1, 0.15) is 27.4 Å². The number of carbonyl (C=O) groups excluding carboxylic acids is 1. The summed E-state index contributed by atoms with van der Waals surface area (Å²) in [5.74, 6) is 0.905. The third-order valence-corrected chi connectivity index (χ3v) is 5.47. The van der Waals surface area contributed by atoms with Crippen molar-refractivity contribution in [3.8, 4) is 0 Å². The molecule has 0 aliphatic heterocycles. The van der Waals surface area contributed by atoms with Crippen LogP contribution in [0.5, 0.6) is 0 Å². The van der Waals surface area contributed by atoms with Crippen molar-refractivity contribution in [2.24, 2.45) is 0 Å². The van der Waals surface area contributed by atoms with Gasteiger partial charge in [-0.2, -0.15) is 0 Å². The number of sulfonamides is 1. The summed E-state index contributed by atoms with van der Waals surface area (Å²) in [5, 5.41) is 2.72. The first kappa shape index (κ1) is 17.2. The van der Waals surface area contributed by atoms with E-state index in [1.54, 1.807) is 26.0 Å². The normalized spacial score (nSPS) is 11.7. The lowest BCUT2D eigenvalue weighted by molar-refractivity contribution is 0.102. The Balaban J connectivity index is 2.33. The zero-order chi connectivity index (χ0) is 17.4. The van der Waals surface area contributed by atoms with E-state index >= 15 is 0 Å². The van der Waals surface area contributed by atoms with E-state index in [2.05, 4.69) is 5.32 Å². The highest BCUT2D eigenvalue weighted by molar-refractivity contribution is 7.89. The minimum Gasteiger partial charge on any atom is -0.466 e. The Morgan fingerprint density at radius 2 is 1.78 bits per heavy atom. The number of carbonyl (C=O) groups is 1. The molecule has 1 aromatic heterocycles. The molecule has 124 valence electrons. The number of hydrogen-bond acceptors (Lipinski definition) is 4. The van der Waals surface area contributed by atoms with Crippen molar-refractivity contribution in [3.05, 3.63) is 46.9 Å². The molecule has 0 fully saturated rings. The second-order valence-corrected chi connectivity index (χ2v) is 7.64. The standard InChI is InChI=1S/C16H20N2O4S/c1-10-11(2)22-12(3)15(10)16(19)17-13-7-6-8-14(9-13)23(20,21)18(4)5/h6-9H,1-5H3,(H,17,19). The van der Waals surface area contributed by atoms with Crippen LogP contribution in [-0.2, 0) is 10.0 Å². The van der Waals surface area contributed by atoms with Crippen molar-refractivity contribution < 1.29 is 17.6 Å². The number of nitrogens with one attached hydrogen (secondary N) is 1. The minimum absolute atomic E-state index is 0.122. The molecule has 0 bridgehead atoms. The molecule has 1 amide bonds. The van der Waals surface area contributed by atoms with E-state index in [1.807, 2.05) is 6.92 Å². The molecule has 1 N–H and O–H groups in total. The van der Waals surface area contributed by atoms with E-state index in [0.29, 0.717) is 22.8 Å². The molecular weight excluding hydrogens is 316 g/mol. The van der Waals surface area contributed by atoms with Crippen LogP contribution in [0.15, 0.2) is 33.6 Å². The van der Waals surface area contributed by atoms with Crippen LogP contribution in [0.4, 0.5) is 5.69 Å². The number of hydrogen-bond donors (Lipinski definition) is 1. The summed E-state index contributed by atoms with van der Waals surface area (Å²) in [6.45, 7) is 5.33. The second-order valence-electron chi connectivity index (χ2n) is 5.48. The van der Waals surface area contributed by atoms with Crippen LogP contribution < -0.4 is 5.32 Å². The Hall–Kier alpha value is -2.12. The molecule has 1 aromatic carbocycles. The fourth-order valence-electron chi connectivity index (χ4n) is 2.27. The number of benzene rings is 1. The average Bonchev–Trinajstić information content (AvgIpc) is 2.72. The van der Waals surface area contributed by atoms with E-state index in [0.717, 1.165) is 9.87 Å². The lowest BCUT2D eigenvalue weighted by Gasteiger charge is -2.12. The van der Waals surface area contributed by atoms with Crippen molar-refractivity contribution in [2.45, 2.75) is 25.7 Å². The largest absolute Gasteiger partial charge is 0.466 e. The van der Waals surface area contributed by atoms with Crippen LogP contribution in [0.2, 0.25) is 0 Å². The van der Waals surface area contributed by atoms with E-state index in [9.17, 15) is 13.2 Å². The SMILES string of the molecule is Cc1oc(C)c(C(=O)Nc2cccc(S(=O)(=O)N(C)C)c2)c1C. The maximum Gasteiger partial charge on any atom is 0.259 e. The van der Waals surface area contributed by atoms with E-state index in [4.69, 9.17) is 4.42 Å². The summed E-state index contributed by atoms with van der Waals surface area (Å²) in [4.78, 5) is 12.6. The van der Waals surface area contributed by atoms with Gasteiger partial charge in [-0.05, 0) is 39.0 Å². The molecule has 2 aromatic rings. The van der Waals surface area contributed by atoms with Gasteiger partial charge in [0.05, 0.1) is 10.5 Å². The molecular formula is C16H20N2O4S. The molecule has 0 atom stereocenters. The van der Waals surface area contributed by atoms with Gasteiger partial charge in [0, 0.05) is 25.3 Å². The number of nitrogens with zero attached hydrogens (tertiary/aromatic N) is 1. The maximum absolute atomic E-state index is 12.4. The highest BCUT2D eigenvalue weighted by Crippen LogP contribution is 2.23. The maximum atomic E-state index is 12.4. The van der Waals surface area contributed by atoms with Gasteiger partial charge in [0.15, 0.2) is 0 Å². The van der Waals surface area contributed by atoms with Gasteiger partial charge in [-0.25, -0.2) is 12.7 Å². The number of amides is 1. The van der Waals surface area contributed by atoms with E-state index < -0.39 is 10.0 Å². The number of furan rings is 1. The third-order valence-electron chi connectivity index (χ3n) is 3.66. The number of anilines is 1. The van der Waals surface area contributed by atoms with Crippen LogP contribution in [0.3, 0.4) is 0 Å². The zero-order valence-electron chi connectivity index (χ0n) is 13.8. The molecule has 2 rings (SSSR count). The Bertz CT molecular complexity index is 851. The monoisotopic (exact) mass is 336 g/mol. The van der Waals surface area contributed by atoms with Gasteiger partial charge < -0.3 is 9.73 Å². The van der Waals surface area contributed by atoms with Gasteiger partial charge in [-0.3, -0.25) is 4.79 Å². The number of rotatable bonds is 4. The molecule has 0 aliphatic carbocycles. The van der Waals surface area contributed by atoms with Crippen molar-refractivity contribution in [1.29, 1.82) is 0 Å². The third kappa shape index (κ3) is 3.30. The Morgan fingerprint density at radius 1 is 1.13 bits per heavy atom. The molecule has 0 aliphatic rings. The Kier molecular flexibility index (Phi) is 4.63. The molecule has 0 unspecified atom stereocenters. The quantitative estimate of drug-likeness (QED) is 0.931. The summed E-state index contributed by atoms with van der Waals surface area (Å²) in [5.41, 5.74) is 1.66. The van der Waals surface area contributed by atoms with Crippen molar-refractivity contribution in [1.82, 2.24) is 4.31 Å². The number of aryl methyl sites for hydroxylation is 2. The molecule has 0 spiro atoms. The lowest BCUT2D eigenvalue weighted by Crippen LogP contribution is -2.22. The molecule has 1 heterocycles. The van der Waals surface area contributed by atoms with Crippen molar-refractivity contribution >= 4 is 21.6 Å². The summed E-state index contributed by atoms with van der Waals surface area (Å²) in [6, 6.07) is 6.16. The molecule has 0 radical (unpaired) electrons. The predicted octanol–water partition coefficient (Wildman–Crippen LogP) is 2.71. The van der Waals surface area contributed by atoms with Gasteiger partial charge in [0.25, 0.3) is 5.91 Å². The van der Waals surface area contributed by atoms with Gasteiger partial charge in [0.1, 0.15) is 11.5 Å². The van der Waals surface area contributed by atoms with Crippen LogP contribution in [0, 0.1) is 20.8 Å². The van der Waals surface area contributed by atoms with Gasteiger partial charge >= 0.3 is 0 Å². The fourth-order valence-corrected chi connectivity index (χ4v) is 3.21. The molecule has 6 nitrogen and oxygen atoms in total. The van der Waals surface area contributed by atoms with Gasteiger partial charge in [0.2, 0.25) is 10.0 Å². The molecule has 0 saturated heterocycles. The smallest absolute Gasteiger partial charge is 0.259 e. The van der Waals surface area contributed by atoms with Crippen molar-refractivity contribution in [3.63, 3.8) is 0 Å². The first-order valence-electron chi connectivity index (χ1n) is 7.05. The van der Waals surface area contributed by atoms with E-state index in [-0.39, 0.29) is 10.8 Å². The Morgan fingerprint density at radius 3 is 2.30 bits per heavy atom. The van der Waals surface area contributed by atoms with Crippen LogP contribution >= 0.6 is 0 Å². The highest BCUT2D eigenvalue weighted by Gasteiger charge is 2.20. The Labute approximate surface area is 136 Å². The molecule has 7 heteroatoms. The summed E-state index contributed by atoms with van der Waals surface area (Å²) in [7, 11) is -0.629. The topological polar surface area (TPSA) is 79.6 Å². The average molecular weight is 336 g/mol. The van der Waals surface area contributed by atoms with Gasteiger partial charge in [-0.15, -0.1) is 0 Å². The first-order valence-corrected chi connectivity index (χ1v) is 8.49. The summed E-state index contributed by atoms with van der Waals surface area (Å²) < 4.78 is 30.9. The van der Waals surface area contributed by atoms with Crippen LogP contribution in [0.25, 0.3) is 0 Å². The second kappa shape index (κ2) is 6.17. The summed E-state index contributed by atoms with van der Waals surface area (Å²) >= 11 is 0. The van der Waals surface area contributed by atoms with Gasteiger partial charge in [-0.1, -0.05) is 6.07 Å². The van der Waals surface area contributed by atoms with Crippen LogP contribution in [-0.4, -0.2) is 32.7 Å². The molecule has 23 heavy (non-hydrogen) atoms. The highest BCUT2D eigenvalue weighted by atomic mass is 32.2. The van der Waals surface area contributed by atoms with Crippen molar-refractivity contribution in [2.75, 3.05) is 19.4 Å². The first-order chi connectivity index (χ1) is 10.6. The zero-order valence-corrected chi connectivity index (χ0v) is 14.6. The molecule has 0 saturated carbocycles.